The lowest BCUT2D eigenvalue weighted by molar-refractivity contribution is -0.123. The number of hydrogen-bond donors (Lipinski definition) is 1. The van der Waals surface area contributed by atoms with E-state index in [1.165, 1.54) is 12.1 Å². The average Bonchev–Trinajstić information content (AvgIpc) is 2.55. The van der Waals surface area contributed by atoms with Gasteiger partial charge in [0.2, 0.25) is 0 Å². The van der Waals surface area contributed by atoms with E-state index in [1.807, 2.05) is 37.3 Å². The number of carbonyl (C=O) groups is 1. The molecule has 0 aliphatic rings. The third-order valence-electron chi connectivity index (χ3n) is 2.95. The van der Waals surface area contributed by atoms with Crippen LogP contribution in [0.4, 0.5) is 4.39 Å². The molecule has 0 fully saturated rings. The maximum absolute atomic E-state index is 13.3. The number of rotatable bonds is 6. The zero-order chi connectivity index (χ0) is 15.8. The van der Waals surface area contributed by atoms with Crippen LogP contribution in [-0.2, 0) is 4.79 Å². The number of halogens is 1. The average molecular weight is 300 g/mol. The minimum Gasteiger partial charge on any atom is -0.481 e. The van der Waals surface area contributed by atoms with E-state index in [-0.39, 0.29) is 12.4 Å². The quantitative estimate of drug-likeness (QED) is 0.658. The van der Waals surface area contributed by atoms with Crippen molar-refractivity contribution in [3.63, 3.8) is 0 Å². The van der Waals surface area contributed by atoms with Gasteiger partial charge in [0.25, 0.3) is 5.91 Å². The highest BCUT2D eigenvalue weighted by molar-refractivity contribution is 6.00. The van der Waals surface area contributed by atoms with Gasteiger partial charge in [0.15, 0.2) is 18.2 Å². The number of ether oxygens (including phenoxy) is 1. The molecule has 5 heteroatoms. The Balaban J connectivity index is 1.91. The van der Waals surface area contributed by atoms with Crippen molar-refractivity contribution in [3.8, 4) is 5.75 Å². The van der Waals surface area contributed by atoms with Gasteiger partial charge >= 0.3 is 0 Å². The summed E-state index contributed by atoms with van der Waals surface area (Å²) in [5.74, 6) is -0.900. The first-order valence-corrected chi connectivity index (χ1v) is 6.99. The highest BCUT2D eigenvalue weighted by Gasteiger charge is 2.06. The monoisotopic (exact) mass is 300 g/mol. The van der Waals surface area contributed by atoms with E-state index in [4.69, 9.17) is 4.74 Å². The number of nitrogens with one attached hydrogen (secondary N) is 1. The fraction of sp³-hybridized carbons (Fsp3) is 0.176. The molecule has 0 radical (unpaired) electrons. The summed E-state index contributed by atoms with van der Waals surface area (Å²) in [6, 6.07) is 15.5. The highest BCUT2D eigenvalue weighted by atomic mass is 19.1. The molecule has 0 spiro atoms. The van der Waals surface area contributed by atoms with Gasteiger partial charge in [-0.25, -0.2) is 9.82 Å². The van der Waals surface area contributed by atoms with Crippen LogP contribution in [0.2, 0.25) is 0 Å². The number of hydrazone groups is 1. The predicted octanol–water partition coefficient (Wildman–Crippen LogP) is 3.14. The highest BCUT2D eigenvalue weighted by Crippen LogP contribution is 2.14. The number of amides is 1. The summed E-state index contributed by atoms with van der Waals surface area (Å²) in [6.07, 6.45) is 0.679. The van der Waals surface area contributed by atoms with Crippen LogP contribution in [0.25, 0.3) is 0 Å². The predicted molar refractivity (Wildman–Crippen MR) is 83.3 cm³/mol. The molecular formula is C17H17FN2O2. The van der Waals surface area contributed by atoms with E-state index in [9.17, 15) is 9.18 Å². The molecule has 1 N–H and O–H groups in total. The summed E-state index contributed by atoms with van der Waals surface area (Å²) < 4.78 is 18.5. The van der Waals surface area contributed by atoms with Crippen LogP contribution in [-0.4, -0.2) is 18.2 Å². The van der Waals surface area contributed by atoms with Crippen molar-refractivity contribution < 1.29 is 13.9 Å². The molecule has 0 saturated carbocycles. The fourth-order valence-electron chi connectivity index (χ4n) is 1.85. The SMILES string of the molecule is CC/C(=N/NC(=O)COc1ccccc1F)c1ccccc1. The Morgan fingerprint density at radius 3 is 2.50 bits per heavy atom. The van der Waals surface area contributed by atoms with Crippen LogP contribution in [0.1, 0.15) is 18.9 Å². The lowest BCUT2D eigenvalue weighted by atomic mass is 10.1. The van der Waals surface area contributed by atoms with E-state index in [1.54, 1.807) is 12.1 Å². The van der Waals surface area contributed by atoms with Crippen molar-refractivity contribution in [3.05, 3.63) is 66.0 Å². The van der Waals surface area contributed by atoms with E-state index < -0.39 is 11.7 Å². The molecule has 114 valence electrons. The maximum atomic E-state index is 13.3. The molecule has 22 heavy (non-hydrogen) atoms. The zero-order valence-electron chi connectivity index (χ0n) is 12.3. The number of para-hydroxylation sites is 1. The van der Waals surface area contributed by atoms with E-state index >= 15 is 0 Å². The molecule has 0 unspecified atom stereocenters. The first kappa shape index (κ1) is 15.7. The molecular weight excluding hydrogens is 283 g/mol. The van der Waals surface area contributed by atoms with Gasteiger partial charge in [0.1, 0.15) is 0 Å². The van der Waals surface area contributed by atoms with E-state index in [0.29, 0.717) is 6.42 Å². The molecule has 0 aliphatic carbocycles. The summed E-state index contributed by atoms with van der Waals surface area (Å²) in [4.78, 5) is 11.7. The van der Waals surface area contributed by atoms with Gasteiger partial charge in [-0.2, -0.15) is 5.10 Å². The van der Waals surface area contributed by atoms with Crippen LogP contribution < -0.4 is 10.2 Å². The molecule has 2 aromatic carbocycles. The van der Waals surface area contributed by atoms with Crippen molar-refractivity contribution in [1.29, 1.82) is 0 Å². The smallest absolute Gasteiger partial charge is 0.277 e. The summed E-state index contributed by atoms with van der Waals surface area (Å²) in [7, 11) is 0. The third-order valence-corrected chi connectivity index (χ3v) is 2.95. The normalized spacial score (nSPS) is 11.1. The summed E-state index contributed by atoms with van der Waals surface area (Å²) in [5, 5.41) is 4.09. The minimum absolute atomic E-state index is 0.0420. The first-order chi connectivity index (χ1) is 10.7. The minimum atomic E-state index is -0.502. The van der Waals surface area contributed by atoms with Gasteiger partial charge in [0, 0.05) is 0 Å². The topological polar surface area (TPSA) is 50.7 Å². The number of carbonyl (C=O) groups excluding carboxylic acids is 1. The molecule has 0 bridgehead atoms. The Bertz CT molecular complexity index is 657. The summed E-state index contributed by atoms with van der Waals surface area (Å²) in [5.41, 5.74) is 4.13. The van der Waals surface area contributed by atoms with E-state index in [0.717, 1.165) is 11.3 Å². The van der Waals surface area contributed by atoms with Crippen molar-refractivity contribution in [2.24, 2.45) is 5.10 Å². The number of hydrogen-bond acceptors (Lipinski definition) is 3. The maximum Gasteiger partial charge on any atom is 0.277 e. The fourth-order valence-corrected chi connectivity index (χ4v) is 1.85. The largest absolute Gasteiger partial charge is 0.481 e. The molecule has 2 aromatic rings. The Morgan fingerprint density at radius 1 is 1.14 bits per heavy atom. The second-order valence-corrected chi connectivity index (χ2v) is 4.53. The van der Waals surface area contributed by atoms with Gasteiger partial charge < -0.3 is 4.74 Å². The van der Waals surface area contributed by atoms with Gasteiger partial charge in [-0.3, -0.25) is 4.79 Å². The second-order valence-electron chi connectivity index (χ2n) is 4.53. The zero-order valence-corrected chi connectivity index (χ0v) is 12.3. The van der Waals surface area contributed by atoms with Crippen molar-refractivity contribution in [2.45, 2.75) is 13.3 Å². The van der Waals surface area contributed by atoms with Crippen molar-refractivity contribution in [2.75, 3.05) is 6.61 Å². The van der Waals surface area contributed by atoms with Gasteiger partial charge in [-0.15, -0.1) is 0 Å². The Hall–Kier alpha value is -2.69. The molecule has 0 aliphatic heterocycles. The second kappa shape index (κ2) is 7.93. The van der Waals surface area contributed by atoms with Crippen molar-refractivity contribution in [1.82, 2.24) is 5.43 Å². The number of nitrogens with zero attached hydrogens (tertiary/aromatic N) is 1. The molecule has 1 amide bonds. The summed E-state index contributed by atoms with van der Waals surface area (Å²) in [6.45, 7) is 1.66. The van der Waals surface area contributed by atoms with Gasteiger partial charge in [0.05, 0.1) is 5.71 Å². The van der Waals surface area contributed by atoms with Crippen LogP contribution >= 0.6 is 0 Å². The lowest BCUT2D eigenvalue weighted by Gasteiger charge is -2.07. The third kappa shape index (κ3) is 4.41. The summed E-state index contributed by atoms with van der Waals surface area (Å²) >= 11 is 0. The molecule has 0 atom stereocenters. The molecule has 0 saturated heterocycles. The van der Waals surface area contributed by atoms with Crippen LogP contribution in [0.3, 0.4) is 0 Å². The van der Waals surface area contributed by atoms with Crippen LogP contribution in [0.5, 0.6) is 5.75 Å². The lowest BCUT2D eigenvalue weighted by Crippen LogP contribution is -2.26. The number of benzene rings is 2. The molecule has 0 heterocycles. The molecule has 2 rings (SSSR count). The standard InChI is InChI=1S/C17H17FN2O2/c1-2-15(13-8-4-3-5-9-13)19-20-17(21)12-22-16-11-7-6-10-14(16)18/h3-11H,2,12H2,1H3,(H,20,21)/b19-15-. The Morgan fingerprint density at radius 2 is 1.82 bits per heavy atom. The Labute approximate surface area is 128 Å². The first-order valence-electron chi connectivity index (χ1n) is 6.99. The van der Waals surface area contributed by atoms with Gasteiger partial charge in [-0.05, 0) is 24.1 Å². The molecule has 4 nitrogen and oxygen atoms in total. The molecule has 0 aromatic heterocycles. The van der Waals surface area contributed by atoms with E-state index in [2.05, 4.69) is 10.5 Å². The van der Waals surface area contributed by atoms with Crippen LogP contribution in [0, 0.1) is 5.82 Å². The van der Waals surface area contributed by atoms with Crippen molar-refractivity contribution >= 4 is 11.6 Å². The Kier molecular flexibility index (Phi) is 5.65. The van der Waals surface area contributed by atoms with Gasteiger partial charge in [-0.1, -0.05) is 49.4 Å². The van der Waals surface area contributed by atoms with Crippen LogP contribution in [0.15, 0.2) is 59.7 Å².